The maximum Gasteiger partial charge on any atom is 0.236 e. The lowest BCUT2D eigenvalue weighted by Crippen LogP contribution is -2.45. The van der Waals surface area contributed by atoms with Crippen molar-refractivity contribution in [2.75, 3.05) is 19.8 Å². The Morgan fingerprint density at radius 2 is 2.12 bits per heavy atom. The van der Waals surface area contributed by atoms with Gasteiger partial charge < -0.3 is 15.8 Å². The first kappa shape index (κ1) is 14.5. The lowest BCUT2D eigenvalue weighted by Gasteiger charge is -2.22. The van der Waals surface area contributed by atoms with Gasteiger partial charge in [0.2, 0.25) is 5.91 Å². The number of hydrogen-bond acceptors (Lipinski definition) is 3. The highest BCUT2D eigenvalue weighted by atomic mass is 16.5. The Bertz CT molecular complexity index is 215. The molecule has 0 heterocycles. The SMILES string of the molecule is CCCNC(COCC1CCCCC1)C(N)=O. The molecule has 1 fully saturated rings. The normalized spacial score (nSPS) is 19.1. The minimum absolute atomic E-state index is 0.318. The largest absolute Gasteiger partial charge is 0.379 e. The first-order valence-corrected chi connectivity index (χ1v) is 6.84. The summed E-state index contributed by atoms with van der Waals surface area (Å²) in [4.78, 5) is 11.2. The molecule has 0 aromatic rings. The van der Waals surface area contributed by atoms with Crippen LogP contribution in [0.3, 0.4) is 0 Å². The number of nitrogens with two attached hydrogens (primary N) is 1. The Morgan fingerprint density at radius 1 is 1.41 bits per heavy atom. The second kappa shape index (κ2) is 8.48. The number of ether oxygens (including phenoxy) is 1. The molecule has 4 heteroatoms. The van der Waals surface area contributed by atoms with Crippen LogP contribution >= 0.6 is 0 Å². The van der Waals surface area contributed by atoms with Crippen LogP contribution in [0.25, 0.3) is 0 Å². The number of amides is 1. The summed E-state index contributed by atoms with van der Waals surface area (Å²) < 4.78 is 5.63. The summed E-state index contributed by atoms with van der Waals surface area (Å²) in [6.07, 6.45) is 7.53. The molecule has 1 atom stereocenters. The van der Waals surface area contributed by atoms with Crippen molar-refractivity contribution in [1.29, 1.82) is 0 Å². The Labute approximate surface area is 104 Å². The summed E-state index contributed by atoms with van der Waals surface area (Å²) in [5, 5.41) is 3.11. The van der Waals surface area contributed by atoms with E-state index in [9.17, 15) is 4.79 Å². The van der Waals surface area contributed by atoms with Gasteiger partial charge in [0.1, 0.15) is 6.04 Å². The highest BCUT2D eigenvalue weighted by Gasteiger charge is 2.17. The van der Waals surface area contributed by atoms with E-state index in [0.717, 1.165) is 19.6 Å². The van der Waals surface area contributed by atoms with Gasteiger partial charge in [0.05, 0.1) is 6.61 Å². The van der Waals surface area contributed by atoms with Crippen LogP contribution in [0.15, 0.2) is 0 Å². The molecule has 100 valence electrons. The van der Waals surface area contributed by atoms with Gasteiger partial charge in [0.15, 0.2) is 0 Å². The molecule has 0 spiro atoms. The van der Waals surface area contributed by atoms with Gasteiger partial charge in [-0.2, -0.15) is 0 Å². The first-order valence-electron chi connectivity index (χ1n) is 6.84. The van der Waals surface area contributed by atoms with Crippen molar-refractivity contribution in [3.05, 3.63) is 0 Å². The van der Waals surface area contributed by atoms with E-state index in [1.807, 2.05) is 0 Å². The Balaban J connectivity index is 2.14. The quantitative estimate of drug-likeness (QED) is 0.677. The molecule has 3 N–H and O–H groups in total. The topological polar surface area (TPSA) is 64.3 Å². The van der Waals surface area contributed by atoms with E-state index < -0.39 is 0 Å². The molecule has 17 heavy (non-hydrogen) atoms. The summed E-state index contributed by atoms with van der Waals surface area (Å²) in [5.74, 6) is 0.366. The van der Waals surface area contributed by atoms with Gasteiger partial charge in [-0.05, 0) is 31.7 Å². The molecule has 1 amide bonds. The first-order chi connectivity index (χ1) is 8.24. The Hall–Kier alpha value is -0.610. The summed E-state index contributed by atoms with van der Waals surface area (Å²) >= 11 is 0. The molecule has 0 aromatic carbocycles. The van der Waals surface area contributed by atoms with Crippen molar-refractivity contribution in [3.63, 3.8) is 0 Å². The predicted molar refractivity (Wildman–Crippen MR) is 68.7 cm³/mol. The number of primary amides is 1. The summed E-state index contributed by atoms with van der Waals surface area (Å²) in [6, 6.07) is -0.335. The van der Waals surface area contributed by atoms with Gasteiger partial charge in [-0.1, -0.05) is 26.2 Å². The Kier molecular flexibility index (Phi) is 7.21. The molecular weight excluding hydrogens is 216 g/mol. The molecule has 4 nitrogen and oxygen atoms in total. The van der Waals surface area contributed by atoms with Gasteiger partial charge in [0.25, 0.3) is 0 Å². The number of rotatable bonds is 8. The van der Waals surface area contributed by atoms with Crippen LogP contribution < -0.4 is 11.1 Å². The van der Waals surface area contributed by atoms with Gasteiger partial charge in [-0.3, -0.25) is 4.79 Å². The van der Waals surface area contributed by atoms with Crippen molar-refractivity contribution in [2.45, 2.75) is 51.5 Å². The third kappa shape index (κ3) is 6.03. The van der Waals surface area contributed by atoms with Gasteiger partial charge >= 0.3 is 0 Å². The van der Waals surface area contributed by atoms with Crippen LogP contribution in [0.2, 0.25) is 0 Å². The molecule has 0 saturated heterocycles. The molecule has 0 aliphatic heterocycles. The molecular formula is C13H26N2O2. The lowest BCUT2D eigenvalue weighted by molar-refractivity contribution is -0.121. The molecule has 1 aliphatic carbocycles. The maximum absolute atomic E-state index is 11.2. The zero-order chi connectivity index (χ0) is 12.5. The number of carbonyl (C=O) groups is 1. The average Bonchev–Trinajstić information content (AvgIpc) is 2.34. The molecule has 0 bridgehead atoms. The fourth-order valence-electron chi connectivity index (χ4n) is 2.27. The van der Waals surface area contributed by atoms with Gasteiger partial charge in [0, 0.05) is 6.61 Å². The van der Waals surface area contributed by atoms with Crippen molar-refractivity contribution in [3.8, 4) is 0 Å². The molecule has 1 aliphatic rings. The standard InChI is InChI=1S/C13H26N2O2/c1-2-8-15-12(13(14)16)10-17-9-11-6-4-3-5-7-11/h11-12,15H,2-10H2,1H3,(H2,14,16). The van der Waals surface area contributed by atoms with E-state index in [4.69, 9.17) is 10.5 Å². The van der Waals surface area contributed by atoms with Crippen molar-refractivity contribution < 1.29 is 9.53 Å². The van der Waals surface area contributed by atoms with Crippen LogP contribution in [0, 0.1) is 5.92 Å². The third-order valence-electron chi connectivity index (χ3n) is 3.35. The lowest BCUT2D eigenvalue weighted by atomic mass is 9.90. The van der Waals surface area contributed by atoms with Crippen molar-refractivity contribution in [2.24, 2.45) is 11.7 Å². The van der Waals surface area contributed by atoms with Crippen molar-refractivity contribution in [1.82, 2.24) is 5.32 Å². The van der Waals surface area contributed by atoms with E-state index in [0.29, 0.717) is 12.5 Å². The second-order valence-corrected chi connectivity index (χ2v) is 4.95. The van der Waals surface area contributed by atoms with Crippen molar-refractivity contribution >= 4 is 5.91 Å². The monoisotopic (exact) mass is 242 g/mol. The molecule has 1 saturated carbocycles. The number of carbonyl (C=O) groups excluding carboxylic acids is 1. The molecule has 0 radical (unpaired) electrons. The minimum Gasteiger partial charge on any atom is -0.379 e. The average molecular weight is 242 g/mol. The highest BCUT2D eigenvalue weighted by molar-refractivity contribution is 5.79. The summed E-state index contributed by atoms with van der Waals surface area (Å²) in [6.45, 7) is 4.05. The van der Waals surface area contributed by atoms with E-state index in [-0.39, 0.29) is 11.9 Å². The van der Waals surface area contributed by atoms with Crippen LogP contribution in [0.4, 0.5) is 0 Å². The van der Waals surface area contributed by atoms with Gasteiger partial charge in [-0.15, -0.1) is 0 Å². The van der Waals surface area contributed by atoms with Gasteiger partial charge in [-0.25, -0.2) is 0 Å². The van der Waals surface area contributed by atoms with E-state index in [1.54, 1.807) is 0 Å². The smallest absolute Gasteiger partial charge is 0.236 e. The Morgan fingerprint density at radius 3 is 2.71 bits per heavy atom. The fourth-order valence-corrected chi connectivity index (χ4v) is 2.27. The maximum atomic E-state index is 11.2. The summed E-state index contributed by atoms with van der Waals surface area (Å²) in [5.41, 5.74) is 5.32. The predicted octanol–water partition coefficient (Wildman–Crippen LogP) is 1.44. The van der Waals surface area contributed by atoms with E-state index in [1.165, 1.54) is 32.1 Å². The summed E-state index contributed by atoms with van der Waals surface area (Å²) in [7, 11) is 0. The second-order valence-electron chi connectivity index (χ2n) is 4.95. The number of nitrogens with one attached hydrogen (secondary N) is 1. The van der Waals surface area contributed by atoms with E-state index in [2.05, 4.69) is 12.2 Å². The third-order valence-corrected chi connectivity index (χ3v) is 3.35. The highest BCUT2D eigenvalue weighted by Crippen LogP contribution is 2.23. The minimum atomic E-state index is -0.335. The fraction of sp³-hybridized carbons (Fsp3) is 0.923. The van der Waals surface area contributed by atoms with E-state index >= 15 is 0 Å². The van der Waals surface area contributed by atoms with Crippen LogP contribution in [-0.4, -0.2) is 31.7 Å². The molecule has 0 aromatic heterocycles. The van der Waals surface area contributed by atoms with Crippen LogP contribution in [-0.2, 0) is 9.53 Å². The zero-order valence-electron chi connectivity index (χ0n) is 10.9. The molecule has 1 rings (SSSR count). The van der Waals surface area contributed by atoms with Crippen LogP contribution in [0.1, 0.15) is 45.4 Å². The number of hydrogen-bond donors (Lipinski definition) is 2. The molecule has 1 unspecified atom stereocenters. The zero-order valence-corrected chi connectivity index (χ0v) is 10.9. The van der Waals surface area contributed by atoms with Crippen LogP contribution in [0.5, 0.6) is 0 Å².